The molecule has 0 aromatic carbocycles. The summed E-state index contributed by atoms with van der Waals surface area (Å²) in [7, 11) is 0. The molecule has 8 heteroatoms. The summed E-state index contributed by atoms with van der Waals surface area (Å²) < 4.78 is 6.21. The summed E-state index contributed by atoms with van der Waals surface area (Å²) in [6.45, 7) is 7.99. The first-order chi connectivity index (χ1) is 16.0. The third-order valence-corrected chi connectivity index (χ3v) is 10.9. The lowest BCUT2D eigenvalue weighted by molar-refractivity contribution is -0.159. The Morgan fingerprint density at radius 3 is 2.65 bits per heavy atom. The van der Waals surface area contributed by atoms with E-state index in [4.69, 9.17) is 4.74 Å². The average molecular weight is 502 g/mol. The number of allylic oxidation sites excluding steroid dienone is 3. The van der Waals surface area contributed by atoms with Gasteiger partial charge in [-0.25, -0.2) is 9.78 Å². The van der Waals surface area contributed by atoms with Gasteiger partial charge in [-0.1, -0.05) is 26.3 Å². The minimum Gasteiger partial charge on any atom is -0.504 e. The molecule has 6 nitrogen and oxygen atoms in total. The van der Waals surface area contributed by atoms with Crippen molar-refractivity contribution in [1.82, 2.24) is 4.98 Å². The van der Waals surface area contributed by atoms with Crippen molar-refractivity contribution in [3.05, 3.63) is 39.6 Å². The maximum absolute atomic E-state index is 13.2. The van der Waals surface area contributed by atoms with Gasteiger partial charge < -0.3 is 9.84 Å². The van der Waals surface area contributed by atoms with Gasteiger partial charge in [0.15, 0.2) is 11.4 Å². The lowest BCUT2D eigenvalue weighted by Crippen LogP contribution is -2.59. The number of thiol groups is 1. The Labute approximate surface area is 209 Å². The van der Waals surface area contributed by atoms with Crippen molar-refractivity contribution in [2.45, 2.75) is 65.4 Å². The molecule has 34 heavy (non-hydrogen) atoms. The molecule has 4 aliphatic rings. The van der Waals surface area contributed by atoms with E-state index in [1.165, 1.54) is 11.3 Å². The summed E-state index contributed by atoms with van der Waals surface area (Å²) in [6, 6.07) is 0. The number of carbonyl (C=O) groups is 3. The van der Waals surface area contributed by atoms with E-state index in [0.717, 1.165) is 31.3 Å². The van der Waals surface area contributed by atoms with Gasteiger partial charge in [-0.05, 0) is 68.9 Å². The molecule has 1 aromatic heterocycles. The number of carbonyl (C=O) groups excluding carboxylic acids is 3. The molecule has 0 aliphatic heterocycles. The smallest absolute Gasteiger partial charge is 0.351 e. The van der Waals surface area contributed by atoms with Crippen LogP contribution in [0.5, 0.6) is 0 Å². The van der Waals surface area contributed by atoms with Crippen LogP contribution in [0.3, 0.4) is 0 Å². The number of rotatable bonds is 3. The van der Waals surface area contributed by atoms with Gasteiger partial charge in [0.05, 0.1) is 11.2 Å². The molecule has 3 fully saturated rings. The van der Waals surface area contributed by atoms with Crippen LogP contribution in [0.2, 0.25) is 0 Å². The molecule has 1 N–H and O–H groups in total. The topological polar surface area (TPSA) is 93.6 Å². The number of hydrogen-bond acceptors (Lipinski definition) is 7. The molecule has 0 radical (unpaired) electrons. The number of esters is 1. The second kappa shape index (κ2) is 7.79. The summed E-state index contributed by atoms with van der Waals surface area (Å²) >= 11 is 5.55. The third-order valence-electron chi connectivity index (χ3n) is 9.68. The highest BCUT2D eigenvalue weighted by atomic mass is 32.1. The summed E-state index contributed by atoms with van der Waals surface area (Å²) in [6.07, 6.45) is 7.37. The van der Waals surface area contributed by atoms with E-state index in [-0.39, 0.29) is 39.8 Å². The largest absolute Gasteiger partial charge is 0.504 e. The molecule has 7 atom stereocenters. The van der Waals surface area contributed by atoms with Gasteiger partial charge in [-0.15, -0.1) is 24.0 Å². The molecule has 1 heterocycles. The van der Waals surface area contributed by atoms with E-state index in [0.29, 0.717) is 22.9 Å². The van der Waals surface area contributed by atoms with Gasteiger partial charge in [0.2, 0.25) is 10.9 Å². The van der Waals surface area contributed by atoms with Crippen LogP contribution >= 0.6 is 24.0 Å². The highest BCUT2D eigenvalue weighted by Crippen LogP contribution is 2.69. The zero-order chi connectivity index (χ0) is 24.6. The third kappa shape index (κ3) is 3.00. The first kappa shape index (κ1) is 23.8. The summed E-state index contributed by atoms with van der Waals surface area (Å²) in [5, 5.41) is 9.88. The lowest BCUT2D eigenvalue weighted by atomic mass is 9.47. The average Bonchev–Trinajstić information content (AvgIpc) is 3.29. The van der Waals surface area contributed by atoms with E-state index >= 15 is 0 Å². The molecule has 0 amide bonds. The Bertz CT molecular complexity index is 1150. The van der Waals surface area contributed by atoms with Gasteiger partial charge in [0, 0.05) is 16.7 Å². The van der Waals surface area contributed by atoms with Crippen molar-refractivity contribution in [3.8, 4) is 0 Å². The van der Waals surface area contributed by atoms with Crippen molar-refractivity contribution < 1.29 is 24.2 Å². The second-order valence-electron chi connectivity index (χ2n) is 11.1. The van der Waals surface area contributed by atoms with Crippen molar-refractivity contribution in [3.63, 3.8) is 0 Å². The van der Waals surface area contributed by atoms with E-state index in [9.17, 15) is 19.5 Å². The van der Waals surface area contributed by atoms with E-state index < -0.39 is 17.0 Å². The number of nitrogens with zero attached hydrogens (tertiary/aromatic N) is 1. The Hall–Kier alpha value is -1.93. The molecule has 0 bridgehead atoms. The minimum absolute atomic E-state index is 0.166. The van der Waals surface area contributed by atoms with E-state index in [2.05, 4.69) is 31.5 Å². The maximum atomic E-state index is 13.2. The van der Waals surface area contributed by atoms with Gasteiger partial charge in [0.1, 0.15) is 4.88 Å². The molecular weight excluding hydrogens is 470 g/mol. The van der Waals surface area contributed by atoms with Crippen LogP contribution in [-0.4, -0.2) is 32.6 Å². The van der Waals surface area contributed by atoms with E-state index in [1.807, 2.05) is 6.92 Å². The van der Waals surface area contributed by atoms with Crippen LogP contribution in [0.25, 0.3) is 0 Å². The molecule has 0 unspecified atom stereocenters. The lowest BCUT2D eigenvalue weighted by Gasteiger charge is -2.58. The van der Waals surface area contributed by atoms with Crippen LogP contribution in [0.4, 0.5) is 0 Å². The summed E-state index contributed by atoms with van der Waals surface area (Å²) in [5.74, 6) is -0.459. The van der Waals surface area contributed by atoms with Crippen molar-refractivity contribution >= 4 is 40.8 Å². The zero-order valence-corrected chi connectivity index (χ0v) is 21.7. The van der Waals surface area contributed by atoms with Crippen LogP contribution in [-0.2, 0) is 14.3 Å². The number of hydrogen-bond donors (Lipinski definition) is 2. The first-order valence-corrected chi connectivity index (χ1v) is 13.3. The Kier molecular flexibility index (Phi) is 5.45. The SMILES string of the molecule is Cc1ncsc1C(=O)O[C@]1(C(=O)S)[C@H](C)C[C@H]2[C@@H]3CCC4=CC(=O)C(O)=C[C@]4(C)[C@H]3CC[C@@]21C. The number of aryl methyl sites for hydroxylation is 1. The molecule has 0 spiro atoms. The highest BCUT2D eigenvalue weighted by Gasteiger charge is 2.71. The van der Waals surface area contributed by atoms with E-state index in [1.54, 1.807) is 24.6 Å². The van der Waals surface area contributed by atoms with Crippen LogP contribution < -0.4 is 0 Å². The van der Waals surface area contributed by atoms with Gasteiger partial charge >= 0.3 is 5.97 Å². The predicted molar refractivity (Wildman–Crippen MR) is 132 cm³/mol. The van der Waals surface area contributed by atoms with Crippen molar-refractivity contribution in [1.29, 1.82) is 0 Å². The number of aromatic nitrogens is 1. The highest BCUT2D eigenvalue weighted by molar-refractivity contribution is 7.96. The number of aliphatic hydroxyl groups excluding tert-OH is 1. The number of ether oxygens (including phenoxy) is 1. The van der Waals surface area contributed by atoms with Crippen molar-refractivity contribution in [2.24, 2.45) is 34.5 Å². The van der Waals surface area contributed by atoms with Crippen LogP contribution in [0, 0.1) is 41.4 Å². The van der Waals surface area contributed by atoms with Gasteiger partial charge in [-0.2, -0.15) is 0 Å². The van der Waals surface area contributed by atoms with Crippen molar-refractivity contribution in [2.75, 3.05) is 0 Å². The van der Waals surface area contributed by atoms with Gasteiger partial charge in [-0.3, -0.25) is 9.59 Å². The molecule has 1 aromatic rings. The second-order valence-corrected chi connectivity index (χ2v) is 12.3. The number of aliphatic hydroxyl groups is 1. The first-order valence-electron chi connectivity index (χ1n) is 12.0. The minimum atomic E-state index is -1.31. The summed E-state index contributed by atoms with van der Waals surface area (Å²) in [5.41, 5.74) is 1.07. The van der Waals surface area contributed by atoms with Crippen LogP contribution in [0.1, 0.15) is 68.2 Å². The monoisotopic (exact) mass is 501 g/mol. The fourth-order valence-electron chi connectivity index (χ4n) is 8.01. The Balaban J connectivity index is 1.53. The molecular formula is C26H31NO5S2. The number of thiazole rings is 1. The quantitative estimate of drug-likeness (QED) is 0.434. The predicted octanol–water partition coefficient (Wildman–Crippen LogP) is 5.24. The molecule has 0 saturated heterocycles. The number of ketones is 1. The van der Waals surface area contributed by atoms with Gasteiger partial charge in [0.25, 0.3) is 0 Å². The molecule has 3 saturated carbocycles. The molecule has 5 rings (SSSR count). The normalized spacial score (nSPS) is 41.0. The maximum Gasteiger partial charge on any atom is 0.351 e. The molecule has 182 valence electrons. The Morgan fingerprint density at radius 2 is 2.00 bits per heavy atom. The summed E-state index contributed by atoms with van der Waals surface area (Å²) in [4.78, 5) is 43.2. The Morgan fingerprint density at radius 1 is 1.26 bits per heavy atom. The standard InChI is InChI=1S/C26H31NO5S2/c1-13-9-18-16-6-5-15-10-19(28)20(29)11-24(15,3)17(16)7-8-25(18,4)26(13,23(31)33)32-22(30)21-14(2)27-12-34-21/h10-13,16-18,29H,5-9H2,1-4H3,(H,31,33)/t13-,16-,17+,18+,24+,25+,26+/m1/s1. The fourth-order valence-corrected chi connectivity index (χ4v) is 9.21. The van der Waals surface area contributed by atoms with Crippen LogP contribution in [0.15, 0.2) is 29.0 Å². The number of fused-ring (bicyclic) bond motifs is 5. The molecule has 4 aliphatic carbocycles. The fraction of sp³-hybridized carbons (Fsp3) is 0.615. The zero-order valence-electron chi connectivity index (χ0n) is 20.0.